The van der Waals surface area contributed by atoms with E-state index in [0.29, 0.717) is 10.6 Å². The van der Waals surface area contributed by atoms with Crippen LogP contribution in [0.3, 0.4) is 0 Å². The SMILES string of the molecule is Cc1ccc(F)c(C(=O)c2snnc2C(C)C)c1. The maximum Gasteiger partial charge on any atom is 0.209 e. The van der Waals surface area contributed by atoms with Gasteiger partial charge in [-0.1, -0.05) is 30.0 Å². The molecule has 0 N–H and O–H groups in total. The van der Waals surface area contributed by atoms with Gasteiger partial charge < -0.3 is 0 Å². The summed E-state index contributed by atoms with van der Waals surface area (Å²) in [5.41, 5.74) is 1.57. The molecular weight excluding hydrogens is 251 g/mol. The van der Waals surface area contributed by atoms with Crippen LogP contribution in [-0.2, 0) is 0 Å². The van der Waals surface area contributed by atoms with Crippen LogP contribution >= 0.6 is 11.5 Å². The predicted molar refractivity (Wildman–Crippen MR) is 68.6 cm³/mol. The molecule has 0 saturated carbocycles. The third-order valence-electron chi connectivity index (χ3n) is 2.63. The molecule has 0 aliphatic rings. The fourth-order valence-electron chi connectivity index (χ4n) is 1.67. The van der Waals surface area contributed by atoms with Crippen molar-refractivity contribution in [2.45, 2.75) is 26.7 Å². The summed E-state index contributed by atoms with van der Waals surface area (Å²) in [4.78, 5) is 12.7. The first-order chi connectivity index (χ1) is 8.50. The molecule has 0 saturated heterocycles. The van der Waals surface area contributed by atoms with Crippen molar-refractivity contribution in [1.29, 1.82) is 0 Å². The van der Waals surface area contributed by atoms with Crippen molar-refractivity contribution in [2.75, 3.05) is 0 Å². The van der Waals surface area contributed by atoms with E-state index >= 15 is 0 Å². The van der Waals surface area contributed by atoms with Gasteiger partial charge in [0, 0.05) is 0 Å². The number of hydrogen-bond acceptors (Lipinski definition) is 4. The Bertz CT molecular complexity index is 592. The van der Waals surface area contributed by atoms with Crippen LogP contribution in [0.25, 0.3) is 0 Å². The molecule has 18 heavy (non-hydrogen) atoms. The minimum atomic E-state index is -0.506. The molecule has 0 aliphatic heterocycles. The highest BCUT2D eigenvalue weighted by Gasteiger charge is 2.22. The number of carbonyl (C=O) groups is 1. The van der Waals surface area contributed by atoms with E-state index in [0.717, 1.165) is 17.1 Å². The Morgan fingerprint density at radius 1 is 1.39 bits per heavy atom. The molecule has 94 valence electrons. The number of aryl methyl sites for hydroxylation is 1. The minimum Gasteiger partial charge on any atom is -0.287 e. The Morgan fingerprint density at radius 3 is 2.78 bits per heavy atom. The van der Waals surface area contributed by atoms with Crippen LogP contribution in [0.1, 0.15) is 46.3 Å². The van der Waals surface area contributed by atoms with Crippen molar-refractivity contribution in [1.82, 2.24) is 9.59 Å². The Morgan fingerprint density at radius 2 is 2.11 bits per heavy atom. The lowest BCUT2D eigenvalue weighted by Gasteiger charge is -2.05. The molecule has 1 aromatic heterocycles. The van der Waals surface area contributed by atoms with Crippen LogP contribution in [0.5, 0.6) is 0 Å². The highest BCUT2D eigenvalue weighted by molar-refractivity contribution is 7.08. The molecule has 0 atom stereocenters. The fourth-order valence-corrected chi connectivity index (χ4v) is 2.44. The molecular formula is C13H13FN2OS. The van der Waals surface area contributed by atoms with Gasteiger partial charge in [0.05, 0.1) is 11.3 Å². The third kappa shape index (κ3) is 2.31. The molecule has 0 radical (unpaired) electrons. The van der Waals surface area contributed by atoms with Gasteiger partial charge in [-0.2, -0.15) is 0 Å². The topological polar surface area (TPSA) is 42.9 Å². The molecule has 0 unspecified atom stereocenters. The maximum absolute atomic E-state index is 13.7. The van der Waals surface area contributed by atoms with E-state index in [1.807, 2.05) is 20.8 Å². The quantitative estimate of drug-likeness (QED) is 0.798. The van der Waals surface area contributed by atoms with Gasteiger partial charge in [0.1, 0.15) is 10.7 Å². The first kappa shape index (κ1) is 12.8. The van der Waals surface area contributed by atoms with Crippen LogP contribution < -0.4 is 0 Å². The molecule has 0 aliphatic carbocycles. The van der Waals surface area contributed by atoms with Gasteiger partial charge in [0.25, 0.3) is 0 Å². The van der Waals surface area contributed by atoms with Crippen molar-refractivity contribution in [3.63, 3.8) is 0 Å². The Kier molecular flexibility index (Phi) is 3.52. The predicted octanol–water partition coefficient (Wildman–Crippen LogP) is 3.34. The first-order valence-corrected chi connectivity index (χ1v) is 6.41. The number of rotatable bonds is 3. The lowest BCUT2D eigenvalue weighted by molar-refractivity contribution is 0.103. The Balaban J connectivity index is 2.48. The highest BCUT2D eigenvalue weighted by atomic mass is 32.1. The van der Waals surface area contributed by atoms with Crippen molar-refractivity contribution < 1.29 is 9.18 Å². The number of carbonyl (C=O) groups excluding carboxylic acids is 1. The number of halogens is 1. The van der Waals surface area contributed by atoms with Crippen molar-refractivity contribution in [3.05, 3.63) is 45.7 Å². The minimum absolute atomic E-state index is 0.0861. The van der Waals surface area contributed by atoms with Gasteiger partial charge in [-0.3, -0.25) is 4.79 Å². The summed E-state index contributed by atoms with van der Waals surface area (Å²) in [7, 11) is 0. The number of benzene rings is 1. The van der Waals surface area contributed by atoms with Gasteiger partial charge in [-0.25, -0.2) is 4.39 Å². The molecule has 1 heterocycles. The van der Waals surface area contributed by atoms with Gasteiger partial charge in [0.2, 0.25) is 5.78 Å². The monoisotopic (exact) mass is 264 g/mol. The molecule has 0 amide bonds. The summed E-state index contributed by atoms with van der Waals surface area (Å²) in [6, 6.07) is 4.51. The van der Waals surface area contributed by atoms with Crippen molar-refractivity contribution in [3.8, 4) is 0 Å². The standard InChI is InChI=1S/C13H13FN2OS/c1-7(2)11-13(18-16-15-11)12(17)9-6-8(3)4-5-10(9)14/h4-7H,1-3H3. The lowest BCUT2D eigenvalue weighted by Crippen LogP contribution is -2.06. The summed E-state index contributed by atoms with van der Waals surface area (Å²) in [5, 5.41) is 3.94. The zero-order valence-electron chi connectivity index (χ0n) is 10.4. The van der Waals surface area contributed by atoms with Crippen LogP contribution in [-0.4, -0.2) is 15.4 Å². The average molecular weight is 264 g/mol. The molecule has 3 nitrogen and oxygen atoms in total. The summed E-state index contributed by atoms with van der Waals surface area (Å²) >= 11 is 1.02. The van der Waals surface area contributed by atoms with E-state index in [9.17, 15) is 9.18 Å². The number of nitrogens with zero attached hydrogens (tertiary/aromatic N) is 2. The Labute approximate surface area is 109 Å². The van der Waals surface area contributed by atoms with Crippen LogP contribution in [0.15, 0.2) is 18.2 Å². The van der Waals surface area contributed by atoms with E-state index in [1.165, 1.54) is 6.07 Å². The van der Waals surface area contributed by atoms with Crippen LogP contribution in [0, 0.1) is 12.7 Å². The van der Waals surface area contributed by atoms with Gasteiger partial charge in [-0.05, 0) is 36.5 Å². The summed E-state index contributed by atoms with van der Waals surface area (Å²) in [6.07, 6.45) is 0. The molecule has 2 aromatic rings. The van der Waals surface area contributed by atoms with Crippen LogP contribution in [0.4, 0.5) is 4.39 Å². The molecule has 5 heteroatoms. The summed E-state index contributed by atoms with van der Waals surface area (Å²) in [5.74, 6) is -0.751. The van der Waals surface area contributed by atoms with E-state index < -0.39 is 5.82 Å². The maximum atomic E-state index is 13.7. The first-order valence-electron chi connectivity index (χ1n) is 5.63. The van der Waals surface area contributed by atoms with E-state index in [-0.39, 0.29) is 17.3 Å². The fraction of sp³-hybridized carbons (Fsp3) is 0.308. The third-order valence-corrected chi connectivity index (χ3v) is 3.37. The number of aromatic nitrogens is 2. The van der Waals surface area contributed by atoms with E-state index in [1.54, 1.807) is 12.1 Å². The largest absolute Gasteiger partial charge is 0.287 e. The Hall–Kier alpha value is -1.62. The average Bonchev–Trinajstić information content (AvgIpc) is 2.80. The smallest absolute Gasteiger partial charge is 0.209 e. The van der Waals surface area contributed by atoms with Crippen molar-refractivity contribution in [2.24, 2.45) is 0 Å². The van der Waals surface area contributed by atoms with Crippen LogP contribution in [0.2, 0.25) is 0 Å². The van der Waals surface area contributed by atoms with Gasteiger partial charge in [0.15, 0.2) is 0 Å². The highest BCUT2D eigenvalue weighted by Crippen LogP contribution is 2.24. The normalized spacial score (nSPS) is 10.9. The molecule has 0 bridgehead atoms. The molecule has 1 aromatic carbocycles. The molecule has 0 spiro atoms. The summed E-state index contributed by atoms with van der Waals surface area (Å²) in [6.45, 7) is 5.69. The zero-order valence-corrected chi connectivity index (χ0v) is 11.2. The number of ketones is 1. The van der Waals surface area contributed by atoms with E-state index in [2.05, 4.69) is 9.59 Å². The van der Waals surface area contributed by atoms with Gasteiger partial charge in [-0.15, -0.1) is 5.10 Å². The van der Waals surface area contributed by atoms with Crippen molar-refractivity contribution >= 4 is 17.3 Å². The summed E-state index contributed by atoms with van der Waals surface area (Å²) < 4.78 is 17.5. The van der Waals surface area contributed by atoms with Gasteiger partial charge >= 0.3 is 0 Å². The second kappa shape index (κ2) is 4.94. The second-order valence-corrected chi connectivity index (χ2v) is 5.21. The second-order valence-electron chi connectivity index (χ2n) is 4.45. The molecule has 0 fully saturated rings. The lowest BCUT2D eigenvalue weighted by atomic mass is 10.0. The number of hydrogen-bond donors (Lipinski definition) is 0. The van der Waals surface area contributed by atoms with E-state index in [4.69, 9.17) is 0 Å². The molecule has 2 rings (SSSR count). The zero-order chi connectivity index (χ0) is 13.3.